The molecular weight excluding hydrogens is 1420 g/mol. The first-order valence-electron chi connectivity index (χ1n) is 32.1. The molecule has 37 atom stereocenters. The highest BCUT2D eigenvalue weighted by molar-refractivity contribution is 5.79. The number of carbonyl (C=O) groups is 6. The van der Waals surface area contributed by atoms with Gasteiger partial charge >= 0.3 is 11.9 Å². The van der Waals surface area contributed by atoms with Gasteiger partial charge < -0.3 is 205 Å². The Morgan fingerprint density at radius 3 is 1.40 bits per heavy atom. The molecular formula is C56H92N4O43. The molecule has 0 saturated carbocycles. The Balaban J connectivity index is 1.11. The zero-order chi connectivity index (χ0) is 76.8. The van der Waals surface area contributed by atoms with Gasteiger partial charge in [0, 0.05) is 26.7 Å². The van der Waals surface area contributed by atoms with Crippen LogP contribution < -0.4 is 21.3 Å². The summed E-state index contributed by atoms with van der Waals surface area (Å²) in [6, 6.07) is -7.73. The van der Waals surface area contributed by atoms with E-state index in [1.807, 2.05) is 10.6 Å². The van der Waals surface area contributed by atoms with Gasteiger partial charge in [0.2, 0.25) is 23.6 Å². The second-order valence-corrected chi connectivity index (χ2v) is 25.4. The molecule has 103 heavy (non-hydrogen) atoms. The third-order valence-electron chi connectivity index (χ3n) is 18.3. The Labute approximate surface area is 580 Å². The number of carboxylic acids is 2. The summed E-state index contributed by atoms with van der Waals surface area (Å²) < 4.78 is 74.3. The standard InChI is InChI=1S/C56H92N4O43/c1-14-31(75)37(81)39(83)50(92-14)99-44-30(58-16(3)69)49(94-20(7-62)33(44)77)100-47-34(78)21(8-63)95-52(41(47)85)97-42-23(10-65)96-51(40(84)38(42)82)98-43-29(57-15(2)68)48(86)93-24(36(43)80)13-91-55(53(87)88)4-17(70)28(60-26(74)12-67)46(102-55)35(79)22(9-64)101-56(54(89)90)5-18(71)27(59-25(73)11-66)45(103-56)32(76)19(72)6-61/h14,17-24,27-52,61-67,70-72,75-86H,4-13H2,1-3H3,(H,57,68)(H,58,69)(H,59,73)(H,60,74)(H,87,88)(H,89,90)/t14-,17-,18-,19+,20+,21+,22+,23+,24+,27+,28+,29+,30+,31+,32+,33-,34-,35+,36-,37+,38+,39-,40+,41+,42-,43+,44+,45+,46+,47-,48?,49-,50-,51-,52-,55+,56+/m0/s1. The lowest BCUT2D eigenvalue weighted by Crippen LogP contribution is -2.71. The fourth-order valence-electron chi connectivity index (χ4n) is 12.8. The molecule has 7 saturated heterocycles. The molecule has 0 radical (unpaired) electrons. The van der Waals surface area contributed by atoms with Crippen LogP contribution in [0.4, 0.5) is 0 Å². The largest absolute Gasteiger partial charge is 0.477 e. The van der Waals surface area contributed by atoms with Gasteiger partial charge in [-0.25, -0.2) is 9.59 Å². The highest BCUT2D eigenvalue weighted by atomic mass is 16.8. The summed E-state index contributed by atoms with van der Waals surface area (Å²) in [5.74, 6) is -15.7. The number of nitrogens with one attached hydrogen (secondary N) is 4. The number of hydrogen-bond acceptors (Lipinski definition) is 41. The Hall–Kier alpha value is -4.58. The summed E-state index contributed by atoms with van der Waals surface area (Å²) in [5, 5.41) is 270. The molecule has 7 heterocycles. The number of carbonyl (C=O) groups excluding carboxylic acids is 4. The van der Waals surface area contributed by atoms with Crippen molar-refractivity contribution in [2.45, 2.75) is 260 Å². The van der Waals surface area contributed by atoms with E-state index < -0.39 is 327 Å². The van der Waals surface area contributed by atoms with Crippen molar-refractivity contribution in [2.24, 2.45) is 0 Å². The molecule has 0 aliphatic carbocycles. The van der Waals surface area contributed by atoms with E-state index in [1.165, 1.54) is 6.92 Å². The van der Waals surface area contributed by atoms with Crippen LogP contribution in [0.1, 0.15) is 33.6 Å². The van der Waals surface area contributed by atoms with Crippen molar-refractivity contribution < 1.29 is 213 Å². The topological polar surface area (TPSA) is 756 Å². The monoisotopic (exact) mass is 1510 g/mol. The van der Waals surface area contributed by atoms with Crippen LogP contribution in [-0.2, 0) is 90.3 Å². The number of amides is 4. The van der Waals surface area contributed by atoms with Crippen LogP contribution in [0.3, 0.4) is 0 Å². The maximum atomic E-state index is 13.4. The van der Waals surface area contributed by atoms with Gasteiger partial charge in [-0.05, 0) is 6.92 Å². The van der Waals surface area contributed by atoms with E-state index >= 15 is 0 Å². The van der Waals surface area contributed by atoms with Crippen molar-refractivity contribution in [3.05, 3.63) is 0 Å². The van der Waals surface area contributed by atoms with Crippen molar-refractivity contribution >= 4 is 35.6 Å². The molecule has 0 aromatic heterocycles. The first kappa shape index (κ1) is 85.7. The maximum Gasteiger partial charge on any atom is 0.364 e. The van der Waals surface area contributed by atoms with Gasteiger partial charge in [-0.3, -0.25) is 19.2 Å². The molecule has 0 spiro atoms. The summed E-state index contributed by atoms with van der Waals surface area (Å²) in [4.78, 5) is 76.7. The number of hydrogen-bond donors (Lipinski definition) is 28. The summed E-state index contributed by atoms with van der Waals surface area (Å²) >= 11 is 0. The molecule has 1 unspecified atom stereocenters. The van der Waals surface area contributed by atoms with E-state index in [0.29, 0.717) is 0 Å². The smallest absolute Gasteiger partial charge is 0.364 e. The predicted molar refractivity (Wildman–Crippen MR) is 314 cm³/mol. The van der Waals surface area contributed by atoms with E-state index in [0.717, 1.165) is 13.8 Å². The van der Waals surface area contributed by atoms with Crippen molar-refractivity contribution in [3.63, 3.8) is 0 Å². The highest BCUT2D eigenvalue weighted by Crippen LogP contribution is 2.41. The molecule has 7 aliphatic heterocycles. The quantitative estimate of drug-likeness (QED) is 0.0318. The Bertz CT molecular complexity index is 2790. The van der Waals surface area contributed by atoms with Crippen LogP contribution >= 0.6 is 0 Å². The van der Waals surface area contributed by atoms with Gasteiger partial charge in [-0.1, -0.05) is 0 Å². The molecule has 0 aromatic carbocycles. The van der Waals surface area contributed by atoms with Crippen molar-refractivity contribution in [2.75, 3.05) is 52.9 Å². The third kappa shape index (κ3) is 18.9. The third-order valence-corrected chi connectivity index (χ3v) is 18.3. The summed E-state index contributed by atoms with van der Waals surface area (Å²) in [6.07, 6.45) is -68.7. The maximum absolute atomic E-state index is 13.4. The van der Waals surface area contributed by atoms with Crippen LogP contribution in [0.2, 0.25) is 0 Å². The van der Waals surface area contributed by atoms with E-state index in [-0.39, 0.29) is 0 Å². The molecule has 594 valence electrons. The van der Waals surface area contributed by atoms with Gasteiger partial charge in [0.15, 0.2) is 31.5 Å². The minimum absolute atomic E-state index is 0.866. The second-order valence-electron chi connectivity index (χ2n) is 25.4. The fourth-order valence-corrected chi connectivity index (χ4v) is 12.8. The molecule has 47 nitrogen and oxygen atoms in total. The minimum atomic E-state index is -3.40. The van der Waals surface area contributed by atoms with Crippen LogP contribution in [0, 0.1) is 0 Å². The molecule has 0 aromatic rings. The molecule has 47 heteroatoms. The van der Waals surface area contributed by atoms with Gasteiger partial charge in [0.1, 0.15) is 166 Å². The average Bonchev–Trinajstić information content (AvgIpc) is 0.766. The van der Waals surface area contributed by atoms with Crippen molar-refractivity contribution in [3.8, 4) is 0 Å². The first-order chi connectivity index (χ1) is 48.4. The van der Waals surface area contributed by atoms with Crippen LogP contribution in [0.5, 0.6) is 0 Å². The number of ether oxygens (including phenoxy) is 13. The lowest BCUT2D eigenvalue weighted by molar-refractivity contribution is -0.386. The lowest BCUT2D eigenvalue weighted by Gasteiger charge is -2.50. The Kier molecular flexibility index (Phi) is 30.4. The predicted octanol–water partition coefficient (Wildman–Crippen LogP) is -18.3. The van der Waals surface area contributed by atoms with E-state index in [1.54, 1.807) is 0 Å². The first-order valence-corrected chi connectivity index (χ1v) is 32.1. The van der Waals surface area contributed by atoms with Gasteiger partial charge in [0.05, 0.1) is 70.0 Å². The van der Waals surface area contributed by atoms with Gasteiger partial charge in [-0.15, -0.1) is 0 Å². The Morgan fingerprint density at radius 1 is 0.447 bits per heavy atom. The molecule has 28 N–H and O–H groups in total. The van der Waals surface area contributed by atoms with E-state index in [2.05, 4.69) is 10.6 Å². The Morgan fingerprint density at radius 2 is 0.883 bits per heavy atom. The molecule has 4 amide bonds. The number of aliphatic hydroxyl groups is 22. The molecule has 7 aliphatic rings. The van der Waals surface area contributed by atoms with E-state index in [9.17, 15) is 151 Å². The van der Waals surface area contributed by atoms with Crippen LogP contribution in [0.25, 0.3) is 0 Å². The molecule has 7 fully saturated rings. The number of rotatable bonds is 30. The average molecular weight is 1510 g/mol. The van der Waals surface area contributed by atoms with E-state index in [4.69, 9.17) is 61.6 Å². The minimum Gasteiger partial charge on any atom is -0.477 e. The summed E-state index contributed by atoms with van der Waals surface area (Å²) in [6.45, 7) is -6.94. The molecule has 7 rings (SSSR count). The zero-order valence-electron chi connectivity index (χ0n) is 54.8. The highest BCUT2D eigenvalue weighted by Gasteiger charge is 2.63. The SMILES string of the molecule is CC(=O)N[C@H]1[C@H](O[C@H]2[C@@H](O)[C@@H](CO)O[C@@H](O[C@@H]3[C@H](O)[C@@H](O)[C@H](O[C@H]4[C@@H](O)[C@@H](CO[C@]5(C(=O)O)C[C@H](O)[C@@H](NC(=O)CO)[C@H]([C@H](O)[C@@H](CO)O[C@]6(C(=O)O)C[C@H](O)[C@@H](NC(=O)CO)[C@H]([C@H](O)[C@H](O)CO)O6)O5)OC(O)[C@@H]4NC(C)=O)O[C@@H]3CO)[C@@H]2O)O[C@H](CO)[C@H](O)[C@@H]1O[C@@H]1O[C@@H](C)[C@@H](O)[C@@H](O)[C@@H]1O. The number of aliphatic carboxylic acids is 2. The lowest BCUT2D eigenvalue weighted by atomic mass is 9.87. The van der Waals surface area contributed by atoms with Crippen molar-refractivity contribution in [1.29, 1.82) is 0 Å². The number of aliphatic hydroxyl groups excluding tert-OH is 22. The van der Waals surface area contributed by atoms with Crippen LogP contribution in [-0.4, -0.2) is 437 Å². The summed E-state index contributed by atoms with van der Waals surface area (Å²) in [7, 11) is 0. The van der Waals surface area contributed by atoms with Gasteiger partial charge in [0.25, 0.3) is 11.6 Å². The zero-order valence-corrected chi connectivity index (χ0v) is 54.8. The second kappa shape index (κ2) is 36.5. The summed E-state index contributed by atoms with van der Waals surface area (Å²) in [5.41, 5.74) is 0. The fraction of sp³-hybridized carbons (Fsp3) is 0.893. The number of carboxylic acid groups (broad SMARTS) is 2. The molecule has 0 bridgehead atoms. The van der Waals surface area contributed by atoms with Crippen LogP contribution in [0.15, 0.2) is 0 Å². The van der Waals surface area contributed by atoms with Crippen molar-refractivity contribution in [1.82, 2.24) is 21.3 Å². The van der Waals surface area contributed by atoms with Gasteiger partial charge in [-0.2, -0.15) is 0 Å². The normalized spacial score (nSPS) is 44.3.